The van der Waals surface area contributed by atoms with E-state index in [1.165, 1.54) is 5.56 Å². The summed E-state index contributed by atoms with van der Waals surface area (Å²) in [6.45, 7) is 21.5. The standard InChI is InChI=1S/C32H36N2O/c1-8-22(4)33-32(7,10-3)23(5)24(6)34(29-17-13-11-15-25(29)9-2)26-19-20-31-28(21-26)27-16-12-14-18-30(27)35-31/h8,11-21,23,33H,1,4,6,9-10H2,2-3,5,7H3/t23-,32?/m0/s1. The molecule has 3 nitrogen and oxygen atoms in total. The Morgan fingerprint density at radius 1 is 1.00 bits per heavy atom. The van der Waals surface area contributed by atoms with Gasteiger partial charge in [-0.05, 0) is 61.7 Å². The molecule has 2 atom stereocenters. The largest absolute Gasteiger partial charge is 0.456 e. The summed E-state index contributed by atoms with van der Waals surface area (Å²) < 4.78 is 6.10. The lowest BCUT2D eigenvalue weighted by atomic mass is 9.81. The van der Waals surface area contributed by atoms with Gasteiger partial charge in [0, 0.05) is 45.0 Å². The maximum Gasteiger partial charge on any atom is 0.135 e. The molecule has 0 saturated heterocycles. The first-order chi connectivity index (χ1) is 16.8. The summed E-state index contributed by atoms with van der Waals surface area (Å²) in [5, 5.41) is 5.82. The maximum atomic E-state index is 6.10. The minimum Gasteiger partial charge on any atom is -0.456 e. The zero-order chi connectivity index (χ0) is 25.2. The fourth-order valence-corrected chi connectivity index (χ4v) is 4.82. The number of hydrogen-bond acceptors (Lipinski definition) is 3. The lowest BCUT2D eigenvalue weighted by Crippen LogP contribution is -2.48. The molecule has 4 rings (SSSR count). The topological polar surface area (TPSA) is 28.4 Å². The zero-order valence-corrected chi connectivity index (χ0v) is 21.4. The summed E-state index contributed by atoms with van der Waals surface area (Å²) >= 11 is 0. The van der Waals surface area contributed by atoms with E-state index in [2.05, 4.69) is 112 Å². The van der Waals surface area contributed by atoms with Crippen LogP contribution in [0.2, 0.25) is 0 Å². The van der Waals surface area contributed by atoms with E-state index >= 15 is 0 Å². The molecule has 0 bridgehead atoms. The molecule has 0 amide bonds. The van der Waals surface area contributed by atoms with Gasteiger partial charge < -0.3 is 14.6 Å². The first kappa shape index (κ1) is 24.4. The predicted molar refractivity (Wildman–Crippen MR) is 151 cm³/mol. The summed E-state index contributed by atoms with van der Waals surface area (Å²) in [4.78, 5) is 2.32. The highest BCUT2D eigenvalue weighted by molar-refractivity contribution is 6.06. The Bertz CT molecular complexity index is 1400. The Kier molecular flexibility index (Phi) is 6.88. The van der Waals surface area contributed by atoms with Crippen LogP contribution in [0.5, 0.6) is 0 Å². The molecule has 3 aromatic carbocycles. The monoisotopic (exact) mass is 464 g/mol. The number of aryl methyl sites for hydroxylation is 1. The average Bonchev–Trinajstić information content (AvgIpc) is 3.26. The van der Waals surface area contributed by atoms with Gasteiger partial charge in [0.2, 0.25) is 0 Å². The van der Waals surface area contributed by atoms with Crippen LogP contribution in [-0.2, 0) is 6.42 Å². The first-order valence-electron chi connectivity index (χ1n) is 12.4. The average molecular weight is 465 g/mol. The number of fused-ring (bicyclic) bond motifs is 3. The smallest absolute Gasteiger partial charge is 0.135 e. The van der Waals surface area contributed by atoms with Crippen LogP contribution in [0.1, 0.15) is 39.7 Å². The Labute approximate surface area is 209 Å². The second-order valence-electron chi connectivity index (χ2n) is 9.43. The molecule has 0 saturated carbocycles. The second-order valence-corrected chi connectivity index (χ2v) is 9.43. The summed E-state index contributed by atoms with van der Waals surface area (Å²) in [7, 11) is 0. The van der Waals surface area contributed by atoms with Crippen LogP contribution >= 0.6 is 0 Å². The number of rotatable bonds is 10. The van der Waals surface area contributed by atoms with Crippen molar-refractivity contribution in [1.82, 2.24) is 5.32 Å². The van der Waals surface area contributed by atoms with Gasteiger partial charge in [0.1, 0.15) is 11.2 Å². The molecule has 1 heterocycles. The van der Waals surface area contributed by atoms with Crippen LogP contribution in [-0.4, -0.2) is 5.54 Å². The molecule has 180 valence electrons. The third-order valence-corrected chi connectivity index (χ3v) is 7.40. The second kappa shape index (κ2) is 9.87. The normalized spacial score (nSPS) is 13.8. The highest BCUT2D eigenvalue weighted by Crippen LogP contribution is 2.41. The SMILES string of the molecule is C=CC(=C)NC(C)(CC)[C@@H](C)C(=C)N(c1ccc2oc3ccccc3c2c1)c1ccccc1CC. The van der Waals surface area contributed by atoms with Crippen molar-refractivity contribution < 1.29 is 4.42 Å². The molecule has 1 N–H and O–H groups in total. The van der Waals surface area contributed by atoms with Gasteiger partial charge in [-0.2, -0.15) is 0 Å². The van der Waals surface area contributed by atoms with Crippen LogP contribution in [0, 0.1) is 5.92 Å². The van der Waals surface area contributed by atoms with Crippen molar-refractivity contribution >= 4 is 33.3 Å². The lowest BCUT2D eigenvalue weighted by Gasteiger charge is -2.42. The van der Waals surface area contributed by atoms with E-state index in [9.17, 15) is 0 Å². The number of anilines is 2. The number of furan rings is 1. The van der Waals surface area contributed by atoms with Gasteiger partial charge in [0.05, 0.1) is 0 Å². The molecule has 1 aromatic heterocycles. The van der Waals surface area contributed by atoms with E-state index in [1.54, 1.807) is 6.08 Å². The van der Waals surface area contributed by atoms with E-state index in [0.29, 0.717) is 0 Å². The number of allylic oxidation sites excluding steroid dienone is 1. The van der Waals surface area contributed by atoms with Gasteiger partial charge in [-0.1, -0.05) is 76.9 Å². The molecule has 0 aliphatic rings. The highest BCUT2D eigenvalue weighted by atomic mass is 16.3. The van der Waals surface area contributed by atoms with Crippen molar-refractivity contribution in [2.45, 2.75) is 46.1 Å². The molecule has 3 heteroatoms. The summed E-state index contributed by atoms with van der Waals surface area (Å²) in [6.07, 6.45) is 3.61. The van der Waals surface area contributed by atoms with E-state index in [-0.39, 0.29) is 11.5 Å². The molecule has 4 aromatic rings. The first-order valence-corrected chi connectivity index (χ1v) is 12.4. The highest BCUT2D eigenvalue weighted by Gasteiger charge is 2.34. The summed E-state index contributed by atoms with van der Waals surface area (Å²) in [5.74, 6) is 0.103. The minimum atomic E-state index is -0.242. The molecule has 0 aliphatic heterocycles. The van der Waals surface area contributed by atoms with Crippen LogP contribution in [0.15, 0.2) is 108 Å². The van der Waals surface area contributed by atoms with Crippen molar-refractivity contribution in [3.8, 4) is 0 Å². The summed E-state index contributed by atoms with van der Waals surface area (Å²) in [6, 6.07) is 23.2. The number of nitrogens with zero attached hydrogens (tertiary/aromatic N) is 1. The minimum absolute atomic E-state index is 0.103. The van der Waals surface area contributed by atoms with Crippen LogP contribution < -0.4 is 10.2 Å². The van der Waals surface area contributed by atoms with E-state index < -0.39 is 0 Å². The van der Waals surface area contributed by atoms with Gasteiger partial charge in [0.25, 0.3) is 0 Å². The molecule has 35 heavy (non-hydrogen) atoms. The molecule has 0 fully saturated rings. The number of benzene rings is 3. The summed E-state index contributed by atoms with van der Waals surface area (Å²) in [5.41, 5.74) is 6.89. The van der Waals surface area contributed by atoms with Crippen molar-refractivity contribution in [1.29, 1.82) is 0 Å². The van der Waals surface area contributed by atoms with Gasteiger partial charge in [-0.25, -0.2) is 0 Å². The van der Waals surface area contributed by atoms with Gasteiger partial charge in [-0.3, -0.25) is 0 Å². The maximum absolute atomic E-state index is 6.10. The van der Waals surface area contributed by atoms with E-state index in [0.717, 1.165) is 57.5 Å². The lowest BCUT2D eigenvalue weighted by molar-refractivity contribution is 0.289. The van der Waals surface area contributed by atoms with Gasteiger partial charge in [0.15, 0.2) is 0 Å². The molecular weight excluding hydrogens is 428 g/mol. The number of nitrogens with one attached hydrogen (secondary N) is 1. The zero-order valence-electron chi connectivity index (χ0n) is 21.4. The van der Waals surface area contributed by atoms with Gasteiger partial charge >= 0.3 is 0 Å². The third kappa shape index (κ3) is 4.51. The van der Waals surface area contributed by atoms with Gasteiger partial charge in [-0.15, -0.1) is 0 Å². The fourth-order valence-electron chi connectivity index (χ4n) is 4.82. The molecular formula is C32H36N2O. The molecule has 1 unspecified atom stereocenters. The molecule has 0 spiro atoms. The predicted octanol–water partition coefficient (Wildman–Crippen LogP) is 8.89. The fraction of sp³-hybridized carbons (Fsp3) is 0.250. The molecule has 0 radical (unpaired) electrons. The molecule has 0 aliphatic carbocycles. The Morgan fingerprint density at radius 2 is 1.69 bits per heavy atom. The van der Waals surface area contributed by atoms with E-state index in [1.807, 2.05) is 12.1 Å². The Morgan fingerprint density at radius 3 is 2.40 bits per heavy atom. The third-order valence-electron chi connectivity index (χ3n) is 7.40. The number of para-hydroxylation sites is 2. The number of hydrogen-bond donors (Lipinski definition) is 1. The quantitative estimate of drug-likeness (QED) is 0.238. The van der Waals surface area contributed by atoms with Crippen LogP contribution in [0.25, 0.3) is 21.9 Å². The van der Waals surface area contributed by atoms with Crippen molar-refractivity contribution in [2.24, 2.45) is 5.92 Å². The Balaban J connectivity index is 1.88. The van der Waals surface area contributed by atoms with Crippen molar-refractivity contribution in [3.63, 3.8) is 0 Å². The Hall–Kier alpha value is -3.72. The van der Waals surface area contributed by atoms with Crippen LogP contribution in [0.3, 0.4) is 0 Å². The van der Waals surface area contributed by atoms with Crippen molar-refractivity contribution in [3.05, 3.63) is 110 Å². The van der Waals surface area contributed by atoms with E-state index in [4.69, 9.17) is 4.42 Å². The van der Waals surface area contributed by atoms with Crippen LogP contribution in [0.4, 0.5) is 11.4 Å². The van der Waals surface area contributed by atoms with Crippen molar-refractivity contribution in [2.75, 3.05) is 4.90 Å².